The molecule has 0 aliphatic heterocycles. The number of hydrogen-bond donors (Lipinski definition) is 0. The molecule has 0 unspecified atom stereocenters. The Morgan fingerprint density at radius 3 is 1.95 bits per heavy atom. The Kier molecular flexibility index (Phi) is 4.00. The Hall–Kier alpha value is -1.84. The molecule has 0 spiro atoms. The molecule has 0 fully saturated rings. The molecule has 0 N–H and O–H groups in total. The number of ether oxygens (including phenoxy) is 2. The van der Waals surface area contributed by atoms with E-state index in [0.29, 0.717) is 19.9 Å². The van der Waals surface area contributed by atoms with Crippen molar-refractivity contribution in [1.82, 2.24) is 4.57 Å². The highest BCUT2D eigenvalue weighted by atomic mass is 16.5. The quantitative estimate of drug-likeness (QED) is 0.635. The van der Waals surface area contributed by atoms with E-state index in [4.69, 9.17) is 9.47 Å². The van der Waals surface area contributed by atoms with Gasteiger partial charge in [0.05, 0.1) is 24.2 Å². The lowest BCUT2D eigenvalue weighted by atomic mass is 10.2. The van der Waals surface area contributed by atoms with E-state index in [0.717, 1.165) is 6.61 Å². The normalized spacial score (nSPS) is 11.4. The summed E-state index contributed by atoms with van der Waals surface area (Å²) in [5.74, 6) is 0. The van der Waals surface area contributed by atoms with Crippen LogP contribution in [-0.4, -0.2) is 24.4 Å². The first-order valence-electron chi connectivity index (χ1n) is 7.03. The minimum Gasteiger partial charge on any atom is -0.379 e. The van der Waals surface area contributed by atoms with Crippen LogP contribution in [0.25, 0.3) is 21.8 Å². The van der Waals surface area contributed by atoms with Gasteiger partial charge in [-0.3, -0.25) is 0 Å². The van der Waals surface area contributed by atoms with Crippen molar-refractivity contribution in [1.29, 1.82) is 0 Å². The number of rotatable bonds is 6. The van der Waals surface area contributed by atoms with Gasteiger partial charge in [-0.05, 0) is 19.1 Å². The van der Waals surface area contributed by atoms with Gasteiger partial charge in [0.1, 0.15) is 6.73 Å². The molecule has 1 aromatic heterocycles. The lowest BCUT2D eigenvalue weighted by molar-refractivity contribution is 0.0252. The summed E-state index contributed by atoms with van der Waals surface area (Å²) in [5.41, 5.74) is 2.43. The summed E-state index contributed by atoms with van der Waals surface area (Å²) < 4.78 is 13.2. The largest absolute Gasteiger partial charge is 0.379 e. The molecular weight excluding hydrogens is 250 g/mol. The van der Waals surface area contributed by atoms with Crippen molar-refractivity contribution in [2.24, 2.45) is 0 Å². The van der Waals surface area contributed by atoms with Gasteiger partial charge in [0.15, 0.2) is 0 Å². The first-order valence-corrected chi connectivity index (χ1v) is 7.03. The van der Waals surface area contributed by atoms with Gasteiger partial charge in [0, 0.05) is 17.4 Å². The molecule has 0 radical (unpaired) electrons. The van der Waals surface area contributed by atoms with Crippen LogP contribution in [0.5, 0.6) is 0 Å². The van der Waals surface area contributed by atoms with E-state index in [1.807, 2.05) is 6.92 Å². The van der Waals surface area contributed by atoms with Crippen molar-refractivity contribution in [3.8, 4) is 0 Å². The van der Waals surface area contributed by atoms with Gasteiger partial charge in [0.2, 0.25) is 0 Å². The minimum absolute atomic E-state index is 0.557. The zero-order chi connectivity index (χ0) is 13.8. The lowest BCUT2D eigenvalue weighted by Crippen LogP contribution is -2.08. The molecule has 0 amide bonds. The molecule has 0 atom stereocenters. The number of nitrogens with zero attached hydrogens (tertiary/aromatic N) is 1. The molecule has 0 bridgehead atoms. The predicted octanol–water partition coefficient (Wildman–Crippen LogP) is 3.81. The molecule has 3 aromatic rings. The summed E-state index contributed by atoms with van der Waals surface area (Å²) in [5, 5.41) is 2.55. The number of fused-ring (bicyclic) bond motifs is 3. The van der Waals surface area contributed by atoms with E-state index in [9.17, 15) is 0 Å². The molecule has 0 saturated carbocycles. The van der Waals surface area contributed by atoms with Gasteiger partial charge in [0.25, 0.3) is 0 Å². The fourth-order valence-electron chi connectivity index (χ4n) is 2.56. The van der Waals surface area contributed by atoms with Crippen LogP contribution in [0.1, 0.15) is 6.92 Å². The Labute approximate surface area is 118 Å². The molecule has 0 saturated heterocycles. The van der Waals surface area contributed by atoms with Crippen LogP contribution in [0.3, 0.4) is 0 Å². The van der Waals surface area contributed by atoms with Crippen molar-refractivity contribution in [3.05, 3.63) is 48.5 Å². The molecule has 3 heteroatoms. The molecule has 3 rings (SSSR count). The van der Waals surface area contributed by atoms with Gasteiger partial charge in [-0.25, -0.2) is 0 Å². The molecule has 1 heterocycles. The smallest absolute Gasteiger partial charge is 0.123 e. The number of para-hydroxylation sites is 2. The third kappa shape index (κ3) is 2.42. The van der Waals surface area contributed by atoms with E-state index in [1.165, 1.54) is 21.8 Å². The van der Waals surface area contributed by atoms with Crippen LogP contribution in [0.4, 0.5) is 0 Å². The van der Waals surface area contributed by atoms with Gasteiger partial charge in [-0.1, -0.05) is 36.4 Å². The van der Waals surface area contributed by atoms with Crippen molar-refractivity contribution >= 4 is 21.8 Å². The number of benzene rings is 2. The Morgan fingerprint density at radius 2 is 1.35 bits per heavy atom. The standard InChI is InChI=1S/C17H19NO2/c1-2-19-11-12-20-13-18-16-9-5-3-7-14(16)15-8-4-6-10-17(15)18/h3-10H,2,11-13H2,1H3. The lowest BCUT2D eigenvalue weighted by Gasteiger charge is -2.08. The second kappa shape index (κ2) is 6.07. The second-order valence-electron chi connectivity index (χ2n) is 4.70. The maximum atomic E-state index is 5.73. The van der Waals surface area contributed by atoms with E-state index < -0.39 is 0 Å². The fraction of sp³-hybridized carbons (Fsp3) is 0.294. The summed E-state index contributed by atoms with van der Waals surface area (Å²) >= 11 is 0. The molecule has 0 aliphatic rings. The average molecular weight is 269 g/mol. The van der Waals surface area contributed by atoms with Gasteiger partial charge in [-0.2, -0.15) is 0 Å². The minimum atomic E-state index is 0.557. The first kappa shape index (κ1) is 13.2. The summed E-state index contributed by atoms with van der Waals surface area (Å²) in [4.78, 5) is 0. The van der Waals surface area contributed by atoms with Crippen LogP contribution >= 0.6 is 0 Å². The number of hydrogen-bond acceptors (Lipinski definition) is 2. The van der Waals surface area contributed by atoms with Crippen molar-refractivity contribution in [3.63, 3.8) is 0 Å². The summed E-state index contributed by atoms with van der Waals surface area (Å²) in [6.45, 7) is 4.55. The van der Waals surface area contributed by atoms with Crippen LogP contribution in [0.2, 0.25) is 0 Å². The first-order chi connectivity index (χ1) is 9.92. The fourth-order valence-corrected chi connectivity index (χ4v) is 2.56. The summed E-state index contributed by atoms with van der Waals surface area (Å²) in [6, 6.07) is 16.9. The predicted molar refractivity (Wildman–Crippen MR) is 81.9 cm³/mol. The van der Waals surface area contributed by atoms with E-state index >= 15 is 0 Å². The summed E-state index contributed by atoms with van der Waals surface area (Å²) in [6.07, 6.45) is 0. The third-order valence-electron chi connectivity index (χ3n) is 3.48. The number of aromatic nitrogens is 1. The third-order valence-corrected chi connectivity index (χ3v) is 3.48. The Bertz CT molecular complexity index is 649. The molecule has 20 heavy (non-hydrogen) atoms. The van der Waals surface area contributed by atoms with E-state index in [-0.39, 0.29) is 0 Å². The average Bonchev–Trinajstić information content (AvgIpc) is 2.82. The van der Waals surface area contributed by atoms with Gasteiger partial charge < -0.3 is 14.0 Å². The molecule has 3 nitrogen and oxygen atoms in total. The van der Waals surface area contributed by atoms with Gasteiger partial charge >= 0.3 is 0 Å². The topological polar surface area (TPSA) is 23.4 Å². The highest BCUT2D eigenvalue weighted by Crippen LogP contribution is 2.28. The summed E-state index contributed by atoms with van der Waals surface area (Å²) in [7, 11) is 0. The maximum absolute atomic E-state index is 5.73. The van der Waals surface area contributed by atoms with Crippen molar-refractivity contribution in [2.75, 3.05) is 19.8 Å². The molecular formula is C17H19NO2. The maximum Gasteiger partial charge on any atom is 0.123 e. The Balaban J connectivity index is 1.91. The zero-order valence-electron chi connectivity index (χ0n) is 11.7. The van der Waals surface area contributed by atoms with Crippen molar-refractivity contribution < 1.29 is 9.47 Å². The van der Waals surface area contributed by atoms with Crippen LogP contribution in [-0.2, 0) is 16.2 Å². The Morgan fingerprint density at radius 1 is 0.800 bits per heavy atom. The van der Waals surface area contributed by atoms with Gasteiger partial charge in [-0.15, -0.1) is 0 Å². The monoisotopic (exact) mass is 269 g/mol. The molecule has 2 aromatic carbocycles. The van der Waals surface area contributed by atoms with Crippen molar-refractivity contribution in [2.45, 2.75) is 13.7 Å². The van der Waals surface area contributed by atoms with E-state index in [2.05, 4.69) is 53.1 Å². The SMILES string of the molecule is CCOCCOCn1c2ccccc2c2ccccc21. The second-order valence-corrected chi connectivity index (χ2v) is 4.70. The van der Waals surface area contributed by atoms with E-state index in [1.54, 1.807) is 0 Å². The van der Waals surface area contributed by atoms with Crippen LogP contribution < -0.4 is 0 Å². The highest BCUT2D eigenvalue weighted by Gasteiger charge is 2.08. The highest BCUT2D eigenvalue weighted by molar-refractivity contribution is 6.07. The van der Waals surface area contributed by atoms with Crippen LogP contribution in [0, 0.1) is 0 Å². The van der Waals surface area contributed by atoms with Crippen LogP contribution in [0.15, 0.2) is 48.5 Å². The zero-order valence-corrected chi connectivity index (χ0v) is 11.7. The molecule has 0 aliphatic carbocycles. The molecule has 104 valence electrons.